The maximum Gasteiger partial charge on any atom is 0.171 e. The van der Waals surface area contributed by atoms with Gasteiger partial charge in [0.15, 0.2) is 5.84 Å². The predicted octanol–water partition coefficient (Wildman–Crippen LogP) is 3.22. The van der Waals surface area contributed by atoms with Crippen molar-refractivity contribution in [2.45, 2.75) is 6.42 Å². The number of hydrogen-bond acceptors (Lipinski definition) is 3. The lowest BCUT2D eigenvalue weighted by molar-refractivity contribution is 0.318. The van der Waals surface area contributed by atoms with Crippen molar-refractivity contribution in [1.29, 1.82) is 0 Å². The van der Waals surface area contributed by atoms with Gasteiger partial charge in [-0.25, -0.2) is 0 Å². The largest absolute Gasteiger partial charge is 0.409 e. The topological polar surface area (TPSA) is 61.8 Å². The SMILES string of the molecule is CN(CCc1ccccc1)c1ccc(/C(N)=N/O)c(Br)c1. The predicted molar refractivity (Wildman–Crippen MR) is 90.1 cm³/mol. The van der Waals surface area contributed by atoms with E-state index in [1.807, 2.05) is 31.3 Å². The summed E-state index contributed by atoms with van der Waals surface area (Å²) in [5.74, 6) is 0.0976. The first-order valence-corrected chi connectivity index (χ1v) is 7.43. The van der Waals surface area contributed by atoms with Crippen LogP contribution in [0.4, 0.5) is 5.69 Å². The fraction of sp³-hybridized carbons (Fsp3) is 0.188. The Hall–Kier alpha value is -2.01. The van der Waals surface area contributed by atoms with Gasteiger partial charge in [0.2, 0.25) is 0 Å². The molecular formula is C16H18BrN3O. The van der Waals surface area contributed by atoms with Gasteiger partial charge in [-0.3, -0.25) is 0 Å². The van der Waals surface area contributed by atoms with Gasteiger partial charge < -0.3 is 15.8 Å². The van der Waals surface area contributed by atoms with Crippen molar-refractivity contribution in [1.82, 2.24) is 0 Å². The zero-order valence-electron chi connectivity index (χ0n) is 11.8. The molecule has 0 aliphatic rings. The standard InChI is InChI=1S/C16H18BrN3O/c1-20(10-9-12-5-3-2-4-6-12)13-7-8-14(15(17)11-13)16(18)19-21/h2-8,11,21H,9-10H2,1H3,(H2,18,19). The van der Waals surface area contributed by atoms with Gasteiger partial charge in [-0.15, -0.1) is 0 Å². The van der Waals surface area contributed by atoms with Crippen LogP contribution < -0.4 is 10.6 Å². The molecule has 0 saturated heterocycles. The van der Waals surface area contributed by atoms with Crippen molar-refractivity contribution in [2.75, 3.05) is 18.5 Å². The van der Waals surface area contributed by atoms with Crippen LogP contribution >= 0.6 is 15.9 Å². The van der Waals surface area contributed by atoms with Gasteiger partial charge in [0.1, 0.15) is 0 Å². The van der Waals surface area contributed by atoms with Crippen molar-refractivity contribution in [3.05, 3.63) is 64.1 Å². The molecule has 0 aliphatic carbocycles. The monoisotopic (exact) mass is 347 g/mol. The first-order chi connectivity index (χ1) is 10.1. The summed E-state index contributed by atoms with van der Waals surface area (Å²) in [4.78, 5) is 2.17. The molecule has 0 bridgehead atoms. The molecule has 110 valence electrons. The molecule has 3 N–H and O–H groups in total. The van der Waals surface area contributed by atoms with Gasteiger partial charge in [0, 0.05) is 29.3 Å². The molecule has 0 spiro atoms. The minimum atomic E-state index is 0.0976. The van der Waals surface area contributed by atoms with E-state index in [0.29, 0.717) is 5.56 Å². The number of nitrogens with zero attached hydrogens (tertiary/aromatic N) is 2. The van der Waals surface area contributed by atoms with E-state index in [9.17, 15) is 0 Å². The Morgan fingerprint density at radius 1 is 1.24 bits per heavy atom. The van der Waals surface area contributed by atoms with Gasteiger partial charge in [-0.2, -0.15) is 0 Å². The maximum absolute atomic E-state index is 8.73. The van der Waals surface area contributed by atoms with Crippen LogP contribution in [0, 0.1) is 0 Å². The van der Waals surface area contributed by atoms with Crippen LogP contribution in [-0.4, -0.2) is 24.6 Å². The molecule has 0 saturated carbocycles. The summed E-state index contributed by atoms with van der Waals surface area (Å²) < 4.78 is 0.807. The van der Waals surface area contributed by atoms with Crippen LogP contribution in [0.3, 0.4) is 0 Å². The third-order valence-electron chi connectivity index (χ3n) is 3.36. The molecular weight excluding hydrogens is 330 g/mol. The van der Waals surface area contributed by atoms with Crippen LogP contribution in [0.1, 0.15) is 11.1 Å². The highest BCUT2D eigenvalue weighted by Crippen LogP contribution is 2.23. The number of rotatable bonds is 5. The van der Waals surface area contributed by atoms with Crippen molar-refractivity contribution in [2.24, 2.45) is 10.9 Å². The minimum Gasteiger partial charge on any atom is -0.409 e. The van der Waals surface area contributed by atoms with Crippen molar-refractivity contribution in [3.8, 4) is 0 Å². The van der Waals surface area contributed by atoms with E-state index in [2.05, 4.69) is 50.3 Å². The summed E-state index contributed by atoms with van der Waals surface area (Å²) in [6.45, 7) is 0.916. The number of likely N-dealkylation sites (N-methyl/N-ethyl adjacent to an activating group) is 1. The van der Waals surface area contributed by atoms with Crippen LogP contribution in [0.5, 0.6) is 0 Å². The summed E-state index contributed by atoms with van der Waals surface area (Å²) in [6, 6.07) is 16.2. The number of amidine groups is 1. The molecule has 0 unspecified atom stereocenters. The van der Waals surface area contributed by atoms with Crippen LogP contribution in [0.15, 0.2) is 58.2 Å². The van der Waals surface area contributed by atoms with Gasteiger partial charge in [-0.05, 0) is 46.1 Å². The van der Waals surface area contributed by atoms with Gasteiger partial charge in [0.05, 0.1) is 0 Å². The number of anilines is 1. The molecule has 5 heteroatoms. The molecule has 0 radical (unpaired) electrons. The van der Waals surface area contributed by atoms with Crippen LogP contribution in [0.25, 0.3) is 0 Å². The lowest BCUT2D eigenvalue weighted by Gasteiger charge is -2.20. The van der Waals surface area contributed by atoms with E-state index in [4.69, 9.17) is 10.9 Å². The lowest BCUT2D eigenvalue weighted by atomic mass is 10.1. The van der Waals surface area contributed by atoms with E-state index in [1.165, 1.54) is 5.56 Å². The average Bonchev–Trinajstić information content (AvgIpc) is 2.52. The molecule has 2 aromatic carbocycles. The first kappa shape index (κ1) is 15.4. The molecule has 0 fully saturated rings. The van der Waals surface area contributed by atoms with Crippen LogP contribution in [-0.2, 0) is 6.42 Å². The molecule has 21 heavy (non-hydrogen) atoms. The van der Waals surface area contributed by atoms with Crippen LogP contribution in [0.2, 0.25) is 0 Å². The fourth-order valence-electron chi connectivity index (χ4n) is 2.07. The number of hydrogen-bond donors (Lipinski definition) is 2. The maximum atomic E-state index is 8.73. The Labute approximate surface area is 133 Å². The van der Waals surface area contributed by atoms with E-state index in [-0.39, 0.29) is 5.84 Å². The second-order valence-corrected chi connectivity index (χ2v) is 5.66. The molecule has 0 atom stereocenters. The van der Waals surface area contributed by atoms with E-state index < -0.39 is 0 Å². The molecule has 0 aromatic heterocycles. The highest BCUT2D eigenvalue weighted by molar-refractivity contribution is 9.10. The normalized spacial score (nSPS) is 11.4. The molecule has 0 aliphatic heterocycles. The highest BCUT2D eigenvalue weighted by Gasteiger charge is 2.08. The number of halogens is 1. The summed E-state index contributed by atoms with van der Waals surface area (Å²) in [7, 11) is 2.05. The molecule has 0 heterocycles. The smallest absolute Gasteiger partial charge is 0.171 e. The van der Waals surface area contributed by atoms with Gasteiger partial charge in [-0.1, -0.05) is 35.5 Å². The average molecular weight is 348 g/mol. The quantitative estimate of drug-likeness (QED) is 0.377. The number of benzene rings is 2. The van der Waals surface area contributed by atoms with Crippen molar-refractivity contribution >= 4 is 27.5 Å². The fourth-order valence-corrected chi connectivity index (χ4v) is 2.64. The zero-order chi connectivity index (χ0) is 15.2. The lowest BCUT2D eigenvalue weighted by Crippen LogP contribution is -2.21. The molecule has 0 amide bonds. The van der Waals surface area contributed by atoms with Crippen molar-refractivity contribution < 1.29 is 5.21 Å². The summed E-state index contributed by atoms with van der Waals surface area (Å²) in [5.41, 5.74) is 8.68. The van der Waals surface area contributed by atoms with Gasteiger partial charge >= 0.3 is 0 Å². The van der Waals surface area contributed by atoms with E-state index in [0.717, 1.165) is 23.1 Å². The molecule has 4 nitrogen and oxygen atoms in total. The Bertz CT molecular complexity index is 629. The van der Waals surface area contributed by atoms with E-state index in [1.54, 1.807) is 0 Å². The third kappa shape index (κ3) is 3.98. The Morgan fingerprint density at radius 2 is 1.95 bits per heavy atom. The first-order valence-electron chi connectivity index (χ1n) is 6.64. The molecule has 2 rings (SSSR count). The number of nitrogens with two attached hydrogens (primary N) is 1. The second-order valence-electron chi connectivity index (χ2n) is 4.81. The van der Waals surface area contributed by atoms with E-state index >= 15 is 0 Å². The molecule has 2 aromatic rings. The highest BCUT2D eigenvalue weighted by atomic mass is 79.9. The summed E-state index contributed by atoms with van der Waals surface area (Å²) in [5, 5.41) is 11.8. The Balaban J connectivity index is 2.06. The van der Waals surface area contributed by atoms with Crippen molar-refractivity contribution in [3.63, 3.8) is 0 Å². The van der Waals surface area contributed by atoms with Gasteiger partial charge in [0.25, 0.3) is 0 Å². The third-order valence-corrected chi connectivity index (χ3v) is 4.01. The zero-order valence-corrected chi connectivity index (χ0v) is 13.4. The minimum absolute atomic E-state index is 0.0976. The Kier molecular flexibility index (Phi) is 5.22. The summed E-state index contributed by atoms with van der Waals surface area (Å²) in [6.07, 6.45) is 0.983. The number of oxime groups is 1. The summed E-state index contributed by atoms with van der Waals surface area (Å²) >= 11 is 3.45. The second kappa shape index (κ2) is 7.13. The Morgan fingerprint density at radius 3 is 2.57 bits per heavy atom.